The number of hydrogen-bond donors (Lipinski definition) is 1. The summed E-state index contributed by atoms with van der Waals surface area (Å²) < 4.78 is 6.98. The number of benzene rings is 1. The van der Waals surface area contributed by atoms with Crippen LogP contribution in [0.1, 0.15) is 5.69 Å². The zero-order valence-electron chi connectivity index (χ0n) is 8.53. The number of aryl methyl sites for hydroxylation is 2. The summed E-state index contributed by atoms with van der Waals surface area (Å²) in [5, 5.41) is 5.39. The van der Waals surface area contributed by atoms with Gasteiger partial charge in [0.1, 0.15) is 5.75 Å². The number of anilines is 1. The van der Waals surface area contributed by atoms with Gasteiger partial charge in [-0.1, -0.05) is 0 Å². The molecule has 2 N–H and O–H groups in total. The van der Waals surface area contributed by atoms with Crippen LogP contribution in [0.4, 0.5) is 5.69 Å². The molecule has 2 aromatic rings. The molecule has 0 fully saturated rings. The topological polar surface area (TPSA) is 53.1 Å². The monoisotopic (exact) mass is 191 g/mol. The third kappa shape index (κ3) is 1.11. The second-order valence-electron chi connectivity index (χ2n) is 3.32. The Kier molecular flexibility index (Phi) is 1.84. The van der Waals surface area contributed by atoms with Gasteiger partial charge in [-0.15, -0.1) is 0 Å². The molecule has 0 spiro atoms. The summed E-state index contributed by atoms with van der Waals surface area (Å²) in [5.41, 5.74) is 8.47. The average molecular weight is 191 g/mol. The molecule has 1 aromatic heterocycles. The molecule has 4 nitrogen and oxygen atoms in total. The fourth-order valence-electron chi connectivity index (χ4n) is 1.65. The van der Waals surface area contributed by atoms with Crippen LogP contribution in [0.5, 0.6) is 5.75 Å². The number of rotatable bonds is 1. The van der Waals surface area contributed by atoms with Gasteiger partial charge in [0.2, 0.25) is 0 Å². The van der Waals surface area contributed by atoms with Crippen molar-refractivity contribution in [3.05, 3.63) is 17.8 Å². The number of methoxy groups -OCH3 is 1. The van der Waals surface area contributed by atoms with Crippen LogP contribution in [0.3, 0.4) is 0 Å². The van der Waals surface area contributed by atoms with E-state index in [1.807, 2.05) is 30.8 Å². The lowest BCUT2D eigenvalue weighted by atomic mass is 10.2. The number of nitrogens with zero attached hydrogens (tertiary/aromatic N) is 2. The molecule has 14 heavy (non-hydrogen) atoms. The highest BCUT2D eigenvalue weighted by atomic mass is 16.5. The molecule has 2 rings (SSSR count). The van der Waals surface area contributed by atoms with E-state index in [0.717, 1.165) is 16.6 Å². The number of ether oxygens (including phenoxy) is 1. The lowest BCUT2D eigenvalue weighted by Crippen LogP contribution is -1.94. The molecule has 0 aliphatic heterocycles. The summed E-state index contributed by atoms with van der Waals surface area (Å²) in [7, 11) is 3.52. The van der Waals surface area contributed by atoms with E-state index in [9.17, 15) is 0 Å². The minimum absolute atomic E-state index is 0.642. The highest BCUT2D eigenvalue weighted by molar-refractivity contribution is 5.87. The van der Waals surface area contributed by atoms with Gasteiger partial charge in [-0.3, -0.25) is 4.68 Å². The molecule has 0 radical (unpaired) electrons. The van der Waals surface area contributed by atoms with Gasteiger partial charge in [-0.05, 0) is 19.1 Å². The summed E-state index contributed by atoms with van der Waals surface area (Å²) in [6.07, 6.45) is 0. The maximum atomic E-state index is 5.81. The van der Waals surface area contributed by atoms with Crippen molar-refractivity contribution in [3.63, 3.8) is 0 Å². The summed E-state index contributed by atoms with van der Waals surface area (Å²) in [6, 6.07) is 3.81. The van der Waals surface area contributed by atoms with Crippen LogP contribution in [0.2, 0.25) is 0 Å². The second-order valence-corrected chi connectivity index (χ2v) is 3.32. The van der Waals surface area contributed by atoms with Gasteiger partial charge in [-0.25, -0.2) is 0 Å². The van der Waals surface area contributed by atoms with Gasteiger partial charge in [0, 0.05) is 12.4 Å². The first-order valence-corrected chi connectivity index (χ1v) is 4.40. The Morgan fingerprint density at radius 3 is 2.79 bits per heavy atom. The molecular formula is C10H13N3O. The van der Waals surface area contributed by atoms with Crippen molar-refractivity contribution >= 4 is 16.6 Å². The fraction of sp³-hybridized carbons (Fsp3) is 0.300. The number of nitrogens with two attached hydrogens (primary N) is 1. The number of hydrogen-bond acceptors (Lipinski definition) is 3. The molecule has 0 aliphatic carbocycles. The predicted octanol–water partition coefficient (Wildman–Crippen LogP) is 1.47. The van der Waals surface area contributed by atoms with Gasteiger partial charge >= 0.3 is 0 Å². The van der Waals surface area contributed by atoms with Crippen LogP contribution in [0.15, 0.2) is 12.1 Å². The molecule has 0 bridgehead atoms. The molecule has 0 aliphatic rings. The second kappa shape index (κ2) is 2.90. The Morgan fingerprint density at radius 2 is 2.14 bits per heavy atom. The lowest BCUT2D eigenvalue weighted by molar-refractivity contribution is 0.417. The summed E-state index contributed by atoms with van der Waals surface area (Å²) >= 11 is 0. The lowest BCUT2D eigenvalue weighted by Gasteiger charge is -2.04. The predicted molar refractivity (Wildman–Crippen MR) is 56.4 cm³/mol. The zero-order valence-corrected chi connectivity index (χ0v) is 8.53. The van der Waals surface area contributed by atoms with Crippen LogP contribution < -0.4 is 10.5 Å². The maximum absolute atomic E-state index is 5.81. The van der Waals surface area contributed by atoms with Crippen molar-refractivity contribution < 1.29 is 4.74 Å². The average Bonchev–Trinajstić information content (AvgIpc) is 2.41. The highest BCUT2D eigenvalue weighted by Gasteiger charge is 2.08. The van der Waals surface area contributed by atoms with Crippen molar-refractivity contribution in [2.24, 2.45) is 7.05 Å². The first-order chi connectivity index (χ1) is 6.63. The van der Waals surface area contributed by atoms with Gasteiger partial charge in [0.25, 0.3) is 0 Å². The van der Waals surface area contributed by atoms with Crippen molar-refractivity contribution in [2.75, 3.05) is 12.8 Å². The smallest absolute Gasteiger partial charge is 0.142 e. The first kappa shape index (κ1) is 8.87. The summed E-state index contributed by atoms with van der Waals surface area (Å²) in [6.45, 7) is 1.97. The van der Waals surface area contributed by atoms with Crippen molar-refractivity contribution in [1.29, 1.82) is 0 Å². The van der Waals surface area contributed by atoms with Gasteiger partial charge in [-0.2, -0.15) is 5.10 Å². The SMILES string of the molecule is COc1cc2c(C)nn(C)c2cc1N. The Morgan fingerprint density at radius 1 is 1.43 bits per heavy atom. The Balaban J connectivity index is 2.82. The third-order valence-corrected chi connectivity index (χ3v) is 2.39. The van der Waals surface area contributed by atoms with Gasteiger partial charge < -0.3 is 10.5 Å². The summed E-state index contributed by atoms with van der Waals surface area (Å²) in [4.78, 5) is 0. The molecule has 0 amide bonds. The van der Waals surface area contributed by atoms with Crippen molar-refractivity contribution in [3.8, 4) is 5.75 Å². The van der Waals surface area contributed by atoms with Crippen molar-refractivity contribution in [2.45, 2.75) is 6.92 Å². The number of fused-ring (bicyclic) bond motifs is 1. The minimum Gasteiger partial charge on any atom is -0.495 e. The standard InChI is InChI=1S/C10H13N3O/c1-6-7-4-10(14-3)8(11)5-9(7)13(2)12-6/h4-5H,11H2,1-3H3. The van der Waals surface area contributed by atoms with Gasteiger partial charge in [0.05, 0.1) is 24.0 Å². The first-order valence-electron chi connectivity index (χ1n) is 4.40. The van der Waals surface area contributed by atoms with Crippen LogP contribution in [-0.2, 0) is 7.05 Å². The molecule has 1 aromatic carbocycles. The van der Waals surface area contributed by atoms with Gasteiger partial charge in [0.15, 0.2) is 0 Å². The van der Waals surface area contributed by atoms with E-state index in [2.05, 4.69) is 5.10 Å². The van der Waals surface area contributed by atoms with E-state index in [1.165, 1.54) is 0 Å². The van der Waals surface area contributed by atoms with Crippen LogP contribution in [0.25, 0.3) is 10.9 Å². The van der Waals surface area contributed by atoms with Crippen LogP contribution >= 0.6 is 0 Å². The molecule has 0 saturated carbocycles. The largest absolute Gasteiger partial charge is 0.495 e. The Hall–Kier alpha value is -1.71. The van der Waals surface area contributed by atoms with E-state index in [4.69, 9.17) is 10.5 Å². The molecule has 0 atom stereocenters. The molecule has 74 valence electrons. The fourth-order valence-corrected chi connectivity index (χ4v) is 1.65. The molecule has 0 saturated heterocycles. The van der Waals surface area contributed by atoms with E-state index < -0.39 is 0 Å². The molecular weight excluding hydrogens is 178 g/mol. The number of aromatic nitrogens is 2. The summed E-state index contributed by atoms with van der Waals surface area (Å²) in [5.74, 6) is 0.702. The minimum atomic E-state index is 0.642. The molecule has 4 heteroatoms. The third-order valence-electron chi connectivity index (χ3n) is 2.39. The maximum Gasteiger partial charge on any atom is 0.142 e. The van der Waals surface area contributed by atoms with E-state index >= 15 is 0 Å². The normalized spacial score (nSPS) is 10.8. The Labute approximate surface area is 82.3 Å². The highest BCUT2D eigenvalue weighted by Crippen LogP contribution is 2.29. The Bertz CT molecular complexity index is 488. The molecule has 1 heterocycles. The number of nitrogen functional groups attached to an aromatic ring is 1. The quantitative estimate of drug-likeness (QED) is 0.694. The van der Waals surface area contributed by atoms with E-state index in [1.54, 1.807) is 7.11 Å². The van der Waals surface area contributed by atoms with Crippen LogP contribution in [-0.4, -0.2) is 16.9 Å². The molecule has 0 unspecified atom stereocenters. The zero-order chi connectivity index (χ0) is 10.3. The van der Waals surface area contributed by atoms with E-state index in [-0.39, 0.29) is 0 Å². The van der Waals surface area contributed by atoms with Crippen molar-refractivity contribution in [1.82, 2.24) is 9.78 Å². The van der Waals surface area contributed by atoms with Crippen LogP contribution in [0, 0.1) is 6.92 Å². The van der Waals surface area contributed by atoms with E-state index in [0.29, 0.717) is 11.4 Å².